The number of ether oxygens (including phenoxy) is 1. The van der Waals surface area contributed by atoms with Gasteiger partial charge in [0.2, 0.25) is 5.88 Å². The highest BCUT2D eigenvalue weighted by Gasteiger charge is 2.12. The fourth-order valence-electron chi connectivity index (χ4n) is 3.27. The molecule has 0 amide bonds. The van der Waals surface area contributed by atoms with E-state index in [4.69, 9.17) is 4.74 Å². The first-order valence-corrected chi connectivity index (χ1v) is 12.6. The van der Waals surface area contributed by atoms with E-state index in [0.29, 0.717) is 28.9 Å². The summed E-state index contributed by atoms with van der Waals surface area (Å²) in [6.07, 6.45) is 5.26. The minimum Gasteiger partial charge on any atom is -0.438 e. The van der Waals surface area contributed by atoms with Gasteiger partial charge >= 0.3 is 0 Å². The Hall–Kier alpha value is -3.19. The van der Waals surface area contributed by atoms with E-state index >= 15 is 0 Å². The van der Waals surface area contributed by atoms with E-state index in [1.807, 2.05) is 18.2 Å². The number of hydrogen-bond donors (Lipinski definition) is 0. The average Bonchev–Trinajstić information content (AvgIpc) is 2.84. The van der Waals surface area contributed by atoms with Crippen LogP contribution in [-0.4, -0.2) is 25.8 Å². The van der Waals surface area contributed by atoms with Crippen molar-refractivity contribution in [1.82, 2.24) is 14.6 Å². The molecule has 0 saturated carbocycles. The van der Waals surface area contributed by atoms with Gasteiger partial charge < -0.3 is 4.74 Å². The van der Waals surface area contributed by atoms with E-state index in [-0.39, 0.29) is 17.1 Å². The highest BCUT2D eigenvalue weighted by molar-refractivity contribution is 14.1. The molecule has 0 aliphatic heterocycles. The van der Waals surface area contributed by atoms with Gasteiger partial charge in [0.15, 0.2) is 0 Å². The lowest BCUT2D eigenvalue weighted by atomic mass is 10.2. The van der Waals surface area contributed by atoms with E-state index in [2.05, 4.69) is 60.5 Å². The van der Waals surface area contributed by atoms with Crippen molar-refractivity contribution in [2.75, 3.05) is 0 Å². The van der Waals surface area contributed by atoms with Crippen molar-refractivity contribution in [3.05, 3.63) is 94.6 Å². The first kappa shape index (κ1) is 24.9. The number of fused-ring (bicyclic) bond motifs is 1. The normalized spacial score (nSPS) is 11.3. The molecule has 2 aromatic heterocycles. The maximum atomic E-state index is 13.2. The molecule has 11 heteroatoms. The number of halogens is 2. The molecule has 4 rings (SSSR count). The Morgan fingerprint density at radius 2 is 2.06 bits per heavy atom. The fourth-order valence-corrected chi connectivity index (χ4v) is 4.28. The van der Waals surface area contributed by atoms with Crippen LogP contribution in [0.25, 0.3) is 10.9 Å². The highest BCUT2D eigenvalue weighted by Crippen LogP contribution is 2.27. The van der Waals surface area contributed by atoms with Crippen molar-refractivity contribution in [2.45, 2.75) is 26.2 Å². The molecule has 2 aromatic carbocycles. The SMILES string of the molecule is CCCCc1nc2ccc(Br)cc2c(=O)n1N=Cc1ccc(Oc2ccc([N+](=O)[O-])cn2)c(I)c1. The van der Waals surface area contributed by atoms with Crippen LogP contribution in [0.4, 0.5) is 5.69 Å². The van der Waals surface area contributed by atoms with Gasteiger partial charge in [0.25, 0.3) is 11.2 Å². The molecule has 0 fully saturated rings. The van der Waals surface area contributed by atoms with Crippen LogP contribution in [0.3, 0.4) is 0 Å². The van der Waals surface area contributed by atoms with Gasteiger partial charge in [0, 0.05) is 23.0 Å². The minimum atomic E-state index is -0.516. The zero-order valence-corrected chi connectivity index (χ0v) is 22.3. The quantitative estimate of drug-likeness (QED) is 0.0991. The molecule has 0 unspecified atom stereocenters. The van der Waals surface area contributed by atoms with Crippen molar-refractivity contribution in [2.24, 2.45) is 5.10 Å². The molecule has 4 aromatic rings. The topological polar surface area (TPSA) is 113 Å². The lowest BCUT2D eigenvalue weighted by Gasteiger charge is -2.10. The van der Waals surface area contributed by atoms with Gasteiger partial charge in [-0.2, -0.15) is 9.78 Å². The van der Waals surface area contributed by atoms with Crippen LogP contribution >= 0.6 is 38.5 Å². The molecule has 0 radical (unpaired) electrons. The molecule has 0 saturated heterocycles. The summed E-state index contributed by atoms with van der Waals surface area (Å²) >= 11 is 5.54. The standard InChI is InChI=1S/C24H19BrIN5O4/c1-2-3-4-22-29-20-8-6-16(25)12-18(20)24(32)30(22)28-13-15-5-9-21(19(26)11-15)35-23-10-7-17(14-27-23)31(33)34/h5-14H,2-4H2,1H3. The van der Waals surface area contributed by atoms with Crippen LogP contribution in [0.2, 0.25) is 0 Å². The zero-order valence-electron chi connectivity index (χ0n) is 18.5. The Balaban J connectivity index is 1.62. The predicted octanol–water partition coefficient (Wildman–Crippen LogP) is 6.08. The smallest absolute Gasteiger partial charge is 0.287 e. The van der Waals surface area contributed by atoms with Gasteiger partial charge in [0.1, 0.15) is 17.8 Å². The second-order valence-corrected chi connectivity index (χ2v) is 9.64. The van der Waals surface area contributed by atoms with Crippen molar-refractivity contribution < 1.29 is 9.66 Å². The molecular formula is C24H19BrIN5O4. The Bertz CT molecular complexity index is 1490. The largest absolute Gasteiger partial charge is 0.438 e. The van der Waals surface area contributed by atoms with Crippen LogP contribution in [0.1, 0.15) is 31.2 Å². The van der Waals surface area contributed by atoms with Crippen molar-refractivity contribution in [3.63, 3.8) is 0 Å². The van der Waals surface area contributed by atoms with Crippen molar-refractivity contribution in [3.8, 4) is 11.6 Å². The third kappa shape index (κ3) is 5.90. The number of nitro groups is 1. The van der Waals surface area contributed by atoms with Gasteiger partial charge in [-0.3, -0.25) is 14.9 Å². The second-order valence-electron chi connectivity index (χ2n) is 7.56. The maximum absolute atomic E-state index is 13.2. The van der Waals surface area contributed by atoms with Crippen molar-refractivity contribution >= 4 is 61.3 Å². The van der Waals surface area contributed by atoms with Crippen LogP contribution in [-0.2, 0) is 6.42 Å². The lowest BCUT2D eigenvalue weighted by Crippen LogP contribution is -2.22. The number of aromatic nitrogens is 3. The van der Waals surface area contributed by atoms with E-state index < -0.39 is 4.92 Å². The Labute approximate surface area is 222 Å². The van der Waals surface area contributed by atoms with Gasteiger partial charge in [-0.25, -0.2) is 9.97 Å². The summed E-state index contributed by atoms with van der Waals surface area (Å²) in [7, 11) is 0. The minimum absolute atomic E-state index is 0.109. The Kier molecular flexibility index (Phi) is 7.86. The molecule has 0 N–H and O–H groups in total. The molecule has 0 atom stereocenters. The van der Waals surface area contributed by atoms with Crippen LogP contribution < -0.4 is 10.3 Å². The Morgan fingerprint density at radius 3 is 2.74 bits per heavy atom. The molecule has 0 aliphatic rings. The summed E-state index contributed by atoms with van der Waals surface area (Å²) in [5, 5.41) is 15.7. The van der Waals surface area contributed by atoms with E-state index in [1.165, 1.54) is 16.8 Å². The third-order valence-electron chi connectivity index (χ3n) is 5.05. The Morgan fingerprint density at radius 1 is 1.23 bits per heavy atom. The van der Waals surface area contributed by atoms with Crippen LogP contribution in [0, 0.1) is 13.7 Å². The number of hydrogen-bond acceptors (Lipinski definition) is 7. The maximum Gasteiger partial charge on any atom is 0.287 e. The highest BCUT2D eigenvalue weighted by atomic mass is 127. The summed E-state index contributed by atoms with van der Waals surface area (Å²) in [6.45, 7) is 2.08. The summed E-state index contributed by atoms with van der Waals surface area (Å²) in [4.78, 5) is 32.1. The number of nitrogens with zero attached hydrogens (tertiary/aromatic N) is 5. The molecule has 9 nitrogen and oxygen atoms in total. The average molecular weight is 648 g/mol. The van der Waals surface area contributed by atoms with Gasteiger partial charge in [-0.1, -0.05) is 29.3 Å². The second kappa shape index (κ2) is 11.0. The number of aryl methyl sites for hydroxylation is 1. The lowest BCUT2D eigenvalue weighted by molar-refractivity contribution is -0.385. The van der Waals surface area contributed by atoms with E-state index in [1.54, 1.807) is 24.4 Å². The number of pyridine rings is 1. The first-order valence-electron chi connectivity index (χ1n) is 10.7. The number of rotatable bonds is 8. The monoisotopic (exact) mass is 647 g/mol. The molecule has 0 spiro atoms. The van der Waals surface area contributed by atoms with Crippen molar-refractivity contribution in [1.29, 1.82) is 0 Å². The number of benzene rings is 2. The molecule has 178 valence electrons. The molecule has 2 heterocycles. The summed E-state index contributed by atoms with van der Waals surface area (Å²) < 4.78 is 8.69. The fraction of sp³-hybridized carbons (Fsp3) is 0.167. The van der Waals surface area contributed by atoms with Gasteiger partial charge in [0.05, 0.1) is 25.6 Å². The molecule has 35 heavy (non-hydrogen) atoms. The van der Waals surface area contributed by atoms with E-state index in [0.717, 1.165) is 32.6 Å². The summed E-state index contributed by atoms with van der Waals surface area (Å²) in [5.74, 6) is 1.40. The van der Waals surface area contributed by atoms with Gasteiger partial charge in [-0.05, 0) is 71.0 Å². The summed E-state index contributed by atoms with van der Waals surface area (Å²) in [6, 6.07) is 13.6. The molecule has 0 bridgehead atoms. The molecular weight excluding hydrogens is 629 g/mol. The van der Waals surface area contributed by atoms with Crippen LogP contribution in [0.15, 0.2) is 69.1 Å². The third-order valence-corrected chi connectivity index (χ3v) is 6.39. The van der Waals surface area contributed by atoms with Crippen LogP contribution in [0.5, 0.6) is 11.6 Å². The van der Waals surface area contributed by atoms with E-state index in [9.17, 15) is 14.9 Å². The van der Waals surface area contributed by atoms with Gasteiger partial charge in [-0.15, -0.1) is 0 Å². The molecule has 0 aliphatic carbocycles. The predicted molar refractivity (Wildman–Crippen MR) is 145 cm³/mol. The first-order chi connectivity index (χ1) is 16.9. The zero-order chi connectivity index (χ0) is 24.9. The summed E-state index contributed by atoms with van der Waals surface area (Å²) in [5.41, 5.74) is 1.08. The number of unbranched alkanes of at least 4 members (excludes halogenated alkanes) is 1.